The van der Waals surface area contributed by atoms with Crippen molar-refractivity contribution in [3.63, 3.8) is 0 Å². The van der Waals surface area contributed by atoms with Crippen molar-refractivity contribution in [1.29, 1.82) is 0 Å². The summed E-state index contributed by atoms with van der Waals surface area (Å²) in [5, 5.41) is 0. The van der Waals surface area contributed by atoms with E-state index in [1.807, 2.05) is 66.7 Å². The largest absolute Gasteiger partial charge is 0.369 e. The van der Waals surface area contributed by atoms with Crippen LogP contribution in [0.25, 0.3) is 6.08 Å². The molecule has 13 rings (SSSR count). The van der Waals surface area contributed by atoms with Gasteiger partial charge in [0.25, 0.3) is 0 Å². The smallest absolute Gasteiger partial charge is 0.182 e. The zero-order chi connectivity index (χ0) is 38.0. The number of benzene rings is 4. The first-order chi connectivity index (χ1) is 27.0. The number of Topliss-reactive ketones (excluding diaryl/α,β-unsaturated/α-hetero) is 3. The quantitative estimate of drug-likeness (QED) is 0.155. The van der Waals surface area contributed by atoms with E-state index in [0.717, 1.165) is 107 Å². The van der Waals surface area contributed by atoms with E-state index >= 15 is 0 Å². The fraction of sp³-hybridized carbons (Fsp3) is 0.375. The van der Waals surface area contributed by atoms with Crippen molar-refractivity contribution in [3.8, 4) is 0 Å². The van der Waals surface area contributed by atoms with Crippen molar-refractivity contribution in [3.05, 3.63) is 149 Å². The Hall–Kier alpha value is -4.98. The molecule has 0 amide bonds. The molecular weight excluding hydrogens is 683 g/mol. The van der Waals surface area contributed by atoms with E-state index in [1.165, 1.54) is 11.1 Å². The Morgan fingerprint density at radius 2 is 1.00 bits per heavy atom. The molecule has 7 nitrogen and oxygen atoms in total. The molecule has 7 heteroatoms. The van der Waals surface area contributed by atoms with E-state index in [2.05, 4.69) is 63.2 Å². The van der Waals surface area contributed by atoms with Gasteiger partial charge >= 0.3 is 0 Å². The topological polar surface area (TPSA) is 78.0 Å². The van der Waals surface area contributed by atoms with Crippen LogP contribution >= 0.6 is 0 Å². The lowest BCUT2D eigenvalue weighted by atomic mass is 9.73. The van der Waals surface area contributed by atoms with Crippen molar-refractivity contribution in [2.45, 2.75) is 50.5 Å². The number of carbonyl (C=O) groups excluding carboxylic acids is 4. The summed E-state index contributed by atoms with van der Waals surface area (Å²) >= 11 is 0. The minimum atomic E-state index is 0.0114. The van der Waals surface area contributed by atoms with Gasteiger partial charge in [-0.25, -0.2) is 0 Å². The summed E-state index contributed by atoms with van der Waals surface area (Å²) in [5.74, 6) is 2.45. The standard InChI is InChI=1S/C20H21NO.C14H15NO.C7H11NO.C7H6O/c22-20-17-11-13-21(14-12-17)19(20)18(15-7-3-1-4-8-15)16-9-5-2-6-10-16;16-14-12-6-8-15(9-7-12)13(14)10-11-4-2-1-3-5-11;9-7-5-8-3-1-6(7)2-4-8;8-6-7-4-2-1-3-5-7/h1-10,17-19H,11-14H2;1-5,10,12H,6-9H2;6H,1-5H2;1-6H/b;13-10-;;. The van der Waals surface area contributed by atoms with Gasteiger partial charge in [-0.3, -0.25) is 29.0 Å². The molecule has 0 N–H and O–H groups in total. The number of nitrogens with zero attached hydrogens (tertiary/aromatic N) is 3. The first kappa shape index (κ1) is 38.3. The van der Waals surface area contributed by atoms with Crippen LogP contribution in [-0.2, 0) is 14.4 Å². The predicted octanol–water partition coefficient (Wildman–Crippen LogP) is 7.58. The highest BCUT2D eigenvalue weighted by molar-refractivity contribution is 6.01. The van der Waals surface area contributed by atoms with E-state index in [4.69, 9.17) is 0 Å². The first-order valence-corrected chi connectivity index (χ1v) is 20.2. The second-order valence-electron chi connectivity index (χ2n) is 15.6. The molecule has 284 valence electrons. The Labute approximate surface area is 326 Å². The Morgan fingerprint density at radius 1 is 0.527 bits per heavy atom. The number of hydrogen-bond donors (Lipinski definition) is 0. The van der Waals surface area contributed by atoms with Crippen LogP contribution in [-0.4, -0.2) is 90.2 Å². The summed E-state index contributed by atoms with van der Waals surface area (Å²) in [7, 11) is 0. The van der Waals surface area contributed by atoms with Crippen LogP contribution in [0.5, 0.6) is 0 Å². The van der Waals surface area contributed by atoms with E-state index in [-0.39, 0.29) is 17.9 Å². The molecule has 55 heavy (non-hydrogen) atoms. The fourth-order valence-corrected chi connectivity index (χ4v) is 9.05. The van der Waals surface area contributed by atoms with Crippen LogP contribution in [0, 0.1) is 17.8 Å². The average molecular weight is 736 g/mol. The van der Waals surface area contributed by atoms with Gasteiger partial charge < -0.3 is 4.90 Å². The van der Waals surface area contributed by atoms with Gasteiger partial charge in [0.15, 0.2) is 11.6 Å². The van der Waals surface area contributed by atoms with Crippen LogP contribution in [0.2, 0.25) is 0 Å². The number of piperidine rings is 9. The molecule has 0 spiro atoms. The molecular formula is C48H53N3O4. The molecule has 9 saturated heterocycles. The molecule has 4 aromatic carbocycles. The van der Waals surface area contributed by atoms with Gasteiger partial charge in [0, 0.05) is 42.3 Å². The lowest BCUT2D eigenvalue weighted by molar-refractivity contribution is -0.137. The van der Waals surface area contributed by atoms with Crippen LogP contribution in [0.3, 0.4) is 0 Å². The van der Waals surface area contributed by atoms with Gasteiger partial charge in [0.05, 0.1) is 18.3 Å². The molecule has 0 saturated carbocycles. The van der Waals surface area contributed by atoms with E-state index < -0.39 is 0 Å². The maximum Gasteiger partial charge on any atom is 0.182 e. The second kappa shape index (κ2) is 18.6. The normalized spacial score (nSPS) is 25.7. The maximum absolute atomic E-state index is 12.9. The molecule has 0 aromatic heterocycles. The minimum Gasteiger partial charge on any atom is -0.369 e. The van der Waals surface area contributed by atoms with Crippen molar-refractivity contribution >= 4 is 29.7 Å². The fourth-order valence-electron chi connectivity index (χ4n) is 9.05. The molecule has 1 atom stereocenters. The summed E-state index contributed by atoms with van der Waals surface area (Å²) in [4.78, 5) is 52.9. The summed E-state index contributed by atoms with van der Waals surface area (Å²) < 4.78 is 0. The highest BCUT2D eigenvalue weighted by Gasteiger charge is 2.45. The number of fused-ring (bicyclic) bond motifs is 9. The van der Waals surface area contributed by atoms with Gasteiger partial charge in [-0.2, -0.15) is 0 Å². The molecule has 9 aliphatic heterocycles. The lowest BCUT2D eigenvalue weighted by Gasteiger charge is -2.47. The number of carbonyl (C=O) groups is 4. The summed E-state index contributed by atoms with van der Waals surface area (Å²) in [6.45, 7) is 7.30. The molecule has 9 fully saturated rings. The van der Waals surface area contributed by atoms with Gasteiger partial charge in [-0.15, -0.1) is 0 Å². The molecule has 4 aromatic rings. The number of hydrogen-bond acceptors (Lipinski definition) is 7. The van der Waals surface area contributed by atoms with E-state index in [0.29, 0.717) is 29.2 Å². The van der Waals surface area contributed by atoms with Crippen LogP contribution in [0.1, 0.15) is 71.5 Å². The van der Waals surface area contributed by atoms with Crippen molar-refractivity contribution < 1.29 is 19.2 Å². The van der Waals surface area contributed by atoms with Gasteiger partial charge in [-0.1, -0.05) is 121 Å². The highest BCUT2D eigenvalue weighted by Crippen LogP contribution is 2.39. The zero-order valence-electron chi connectivity index (χ0n) is 31.8. The minimum absolute atomic E-state index is 0.0114. The Morgan fingerprint density at radius 3 is 1.40 bits per heavy atom. The summed E-state index contributed by atoms with van der Waals surface area (Å²) in [6.07, 6.45) is 9.30. The second-order valence-corrected chi connectivity index (χ2v) is 15.6. The molecule has 0 radical (unpaired) electrons. The monoisotopic (exact) mass is 735 g/mol. The predicted molar refractivity (Wildman–Crippen MR) is 218 cm³/mol. The van der Waals surface area contributed by atoms with Gasteiger partial charge in [0.1, 0.15) is 12.1 Å². The Bertz CT molecular complexity index is 1850. The molecule has 1 unspecified atom stereocenters. The van der Waals surface area contributed by atoms with E-state index in [9.17, 15) is 19.2 Å². The SMILES string of the molecule is O=C1/C(=C/c2ccccc2)N2CCC1CC2.O=C1C2CCN(CC2)C1C(c1ccccc1)c1ccccc1.O=C1CN2CCC1CC2.O=Cc1ccccc1. The number of rotatable bonds is 5. The van der Waals surface area contributed by atoms with Crippen molar-refractivity contribution in [2.24, 2.45) is 17.8 Å². The maximum atomic E-state index is 12.9. The number of aldehydes is 1. The van der Waals surface area contributed by atoms with Gasteiger partial charge in [-0.05, 0) is 87.5 Å². The number of allylic oxidation sites excluding steroid dienone is 1. The third kappa shape index (κ3) is 9.46. The molecule has 0 aliphatic carbocycles. The summed E-state index contributed by atoms with van der Waals surface area (Å²) in [5.41, 5.74) is 5.28. The third-order valence-electron chi connectivity index (χ3n) is 12.2. The molecule has 6 bridgehead atoms. The zero-order valence-corrected chi connectivity index (χ0v) is 31.8. The number of ketones is 3. The summed E-state index contributed by atoms with van der Waals surface area (Å²) in [6, 6.07) is 40.2. The van der Waals surface area contributed by atoms with Crippen LogP contribution in [0.15, 0.2) is 127 Å². The average Bonchev–Trinajstić information content (AvgIpc) is 3.26. The van der Waals surface area contributed by atoms with Crippen molar-refractivity contribution in [1.82, 2.24) is 14.7 Å². The van der Waals surface area contributed by atoms with Gasteiger partial charge in [0.2, 0.25) is 0 Å². The molecule has 9 heterocycles. The van der Waals surface area contributed by atoms with Crippen LogP contribution < -0.4 is 0 Å². The third-order valence-corrected chi connectivity index (χ3v) is 12.2. The Kier molecular flexibility index (Phi) is 12.9. The van der Waals surface area contributed by atoms with Crippen LogP contribution in [0.4, 0.5) is 0 Å². The van der Waals surface area contributed by atoms with Crippen molar-refractivity contribution in [2.75, 3.05) is 45.8 Å². The highest BCUT2D eigenvalue weighted by atomic mass is 16.1. The Balaban J connectivity index is 0.000000123. The first-order valence-electron chi connectivity index (χ1n) is 20.2. The molecule has 9 aliphatic rings. The lowest BCUT2D eigenvalue weighted by Crippen LogP contribution is -2.57. The van der Waals surface area contributed by atoms with E-state index in [1.54, 1.807) is 12.1 Å².